The first-order chi connectivity index (χ1) is 9.13. The van der Waals surface area contributed by atoms with Crippen molar-refractivity contribution in [1.29, 1.82) is 0 Å². The zero-order valence-electron chi connectivity index (χ0n) is 10.4. The average Bonchev–Trinajstić information content (AvgIpc) is 3.00. The molecule has 0 bridgehead atoms. The number of rotatable bonds is 2. The van der Waals surface area contributed by atoms with E-state index in [4.69, 9.17) is 4.42 Å². The molecule has 0 spiro atoms. The first kappa shape index (κ1) is 12.3. The van der Waals surface area contributed by atoms with Crippen LogP contribution in [0.2, 0.25) is 0 Å². The zero-order chi connectivity index (χ0) is 13.4. The van der Waals surface area contributed by atoms with E-state index in [0.717, 1.165) is 22.6 Å². The molecule has 1 atom stereocenters. The molecule has 2 aromatic rings. The summed E-state index contributed by atoms with van der Waals surface area (Å²) in [6.07, 6.45) is 0.691. The quantitative estimate of drug-likeness (QED) is 0.890. The number of nitrogens with zero attached hydrogens (tertiary/aromatic N) is 1. The molecule has 3 rings (SSSR count). The Kier molecular flexibility index (Phi) is 3.06. The first-order valence-corrected chi connectivity index (χ1v) is 6.80. The van der Waals surface area contributed by atoms with Crippen LogP contribution in [0.15, 0.2) is 44.5 Å². The minimum absolute atomic E-state index is 0.0150. The molecule has 0 aliphatic carbocycles. The number of halogens is 1. The van der Waals surface area contributed by atoms with Crippen molar-refractivity contribution < 1.29 is 9.52 Å². The third-order valence-corrected chi connectivity index (χ3v) is 3.58. The van der Waals surface area contributed by atoms with Crippen molar-refractivity contribution in [3.63, 3.8) is 0 Å². The summed E-state index contributed by atoms with van der Waals surface area (Å²) in [7, 11) is 0. The van der Waals surface area contributed by atoms with Gasteiger partial charge in [-0.1, -0.05) is 11.6 Å². The highest BCUT2D eigenvalue weighted by atomic mass is 79.9. The van der Waals surface area contributed by atoms with E-state index in [-0.39, 0.29) is 11.8 Å². The van der Waals surface area contributed by atoms with Crippen molar-refractivity contribution in [1.82, 2.24) is 5.43 Å². The molecule has 1 aromatic heterocycles. The minimum atomic E-state index is 0.0150. The molecule has 0 saturated heterocycles. The van der Waals surface area contributed by atoms with Gasteiger partial charge in [-0.25, -0.2) is 0 Å². The molecule has 19 heavy (non-hydrogen) atoms. The number of hydrazone groups is 1. The van der Waals surface area contributed by atoms with E-state index >= 15 is 0 Å². The highest BCUT2D eigenvalue weighted by molar-refractivity contribution is 9.10. The molecule has 0 radical (unpaired) electrons. The summed E-state index contributed by atoms with van der Waals surface area (Å²) in [5, 5.41) is 14.2. The van der Waals surface area contributed by atoms with Gasteiger partial charge in [-0.05, 0) is 47.1 Å². The Balaban J connectivity index is 1.83. The summed E-state index contributed by atoms with van der Waals surface area (Å²) in [5.41, 5.74) is 5.77. The second kappa shape index (κ2) is 4.74. The number of aromatic hydroxyl groups is 1. The molecule has 98 valence electrons. The second-order valence-corrected chi connectivity index (χ2v) is 5.39. The lowest BCUT2D eigenvalue weighted by molar-refractivity contribution is 0.426. The maximum atomic E-state index is 9.92. The van der Waals surface area contributed by atoms with Gasteiger partial charge in [-0.2, -0.15) is 5.10 Å². The molecule has 4 nitrogen and oxygen atoms in total. The monoisotopic (exact) mass is 320 g/mol. The second-order valence-electron chi connectivity index (χ2n) is 4.61. The van der Waals surface area contributed by atoms with Crippen LogP contribution >= 0.6 is 15.9 Å². The number of benzene rings is 1. The van der Waals surface area contributed by atoms with Gasteiger partial charge >= 0.3 is 0 Å². The Morgan fingerprint density at radius 2 is 2.21 bits per heavy atom. The Bertz CT molecular complexity index is 649. The van der Waals surface area contributed by atoms with Gasteiger partial charge in [0.2, 0.25) is 0 Å². The normalized spacial score (nSPS) is 18.2. The lowest BCUT2D eigenvalue weighted by Gasteiger charge is -2.07. The summed E-state index contributed by atoms with van der Waals surface area (Å²) in [6.45, 7) is 1.99. The molecule has 0 unspecified atom stereocenters. The van der Waals surface area contributed by atoms with Crippen LogP contribution in [0, 0.1) is 6.92 Å². The van der Waals surface area contributed by atoms with Crippen LogP contribution in [0.5, 0.6) is 5.75 Å². The predicted octanol–water partition coefficient (Wildman–Crippen LogP) is 3.49. The van der Waals surface area contributed by atoms with Gasteiger partial charge in [-0.3, -0.25) is 5.43 Å². The Hall–Kier alpha value is -1.75. The maximum absolute atomic E-state index is 9.92. The van der Waals surface area contributed by atoms with E-state index in [0.29, 0.717) is 11.1 Å². The molecule has 1 aliphatic heterocycles. The van der Waals surface area contributed by atoms with Gasteiger partial charge in [0.1, 0.15) is 17.6 Å². The number of hydrogen-bond donors (Lipinski definition) is 2. The van der Waals surface area contributed by atoms with Crippen molar-refractivity contribution in [2.24, 2.45) is 5.10 Å². The maximum Gasteiger partial charge on any atom is 0.169 e. The third-order valence-electron chi connectivity index (χ3n) is 3.15. The van der Waals surface area contributed by atoms with Crippen LogP contribution in [0.4, 0.5) is 0 Å². The van der Waals surface area contributed by atoms with Crippen LogP contribution in [-0.4, -0.2) is 10.8 Å². The molecule has 0 fully saturated rings. The molecular weight excluding hydrogens is 308 g/mol. The van der Waals surface area contributed by atoms with Gasteiger partial charge in [0, 0.05) is 12.0 Å². The van der Waals surface area contributed by atoms with Crippen LogP contribution in [-0.2, 0) is 0 Å². The van der Waals surface area contributed by atoms with Crippen LogP contribution in [0.1, 0.15) is 29.3 Å². The fourth-order valence-corrected chi connectivity index (χ4v) is 2.49. The van der Waals surface area contributed by atoms with Crippen molar-refractivity contribution in [3.8, 4) is 5.75 Å². The van der Waals surface area contributed by atoms with Crippen LogP contribution < -0.4 is 5.43 Å². The predicted molar refractivity (Wildman–Crippen MR) is 76.3 cm³/mol. The van der Waals surface area contributed by atoms with Gasteiger partial charge in [0.15, 0.2) is 4.67 Å². The summed E-state index contributed by atoms with van der Waals surface area (Å²) >= 11 is 3.29. The van der Waals surface area contributed by atoms with Crippen LogP contribution in [0.25, 0.3) is 0 Å². The van der Waals surface area contributed by atoms with E-state index < -0.39 is 0 Å². The van der Waals surface area contributed by atoms with Crippen LogP contribution in [0.3, 0.4) is 0 Å². The van der Waals surface area contributed by atoms with Gasteiger partial charge in [0.05, 0.1) is 5.71 Å². The lowest BCUT2D eigenvalue weighted by Crippen LogP contribution is -2.08. The largest absolute Gasteiger partial charge is 0.507 e. The molecule has 2 N–H and O–H groups in total. The van der Waals surface area contributed by atoms with Gasteiger partial charge in [0.25, 0.3) is 0 Å². The first-order valence-electron chi connectivity index (χ1n) is 6.01. The molecule has 1 aliphatic rings. The molecule has 2 heterocycles. The van der Waals surface area contributed by atoms with E-state index in [1.165, 1.54) is 0 Å². The lowest BCUT2D eigenvalue weighted by atomic mass is 10.0. The third kappa shape index (κ3) is 2.38. The van der Waals surface area contributed by atoms with Crippen molar-refractivity contribution >= 4 is 21.6 Å². The summed E-state index contributed by atoms with van der Waals surface area (Å²) in [5.74, 6) is 1.09. The van der Waals surface area contributed by atoms with E-state index in [1.54, 1.807) is 6.07 Å². The molecule has 0 amide bonds. The van der Waals surface area contributed by atoms with E-state index in [2.05, 4.69) is 26.5 Å². The highest BCUT2D eigenvalue weighted by Gasteiger charge is 2.25. The minimum Gasteiger partial charge on any atom is -0.507 e. The zero-order valence-corrected chi connectivity index (χ0v) is 11.9. The average molecular weight is 321 g/mol. The summed E-state index contributed by atoms with van der Waals surface area (Å²) in [6, 6.07) is 9.31. The van der Waals surface area contributed by atoms with Crippen molar-refractivity contribution in [2.75, 3.05) is 0 Å². The Morgan fingerprint density at radius 3 is 2.95 bits per heavy atom. The molecule has 5 heteroatoms. The van der Waals surface area contributed by atoms with E-state index in [9.17, 15) is 5.11 Å². The molecule has 1 aromatic carbocycles. The fraction of sp³-hybridized carbons (Fsp3) is 0.214. The SMILES string of the molecule is Cc1ccc(O)c(C2=NN[C@H](c3ccc(Br)o3)C2)c1. The number of nitrogens with one attached hydrogen (secondary N) is 1. The smallest absolute Gasteiger partial charge is 0.169 e. The molecule has 0 saturated carbocycles. The number of hydrogen-bond acceptors (Lipinski definition) is 4. The number of phenols is 1. The van der Waals surface area contributed by atoms with E-state index in [1.807, 2.05) is 31.2 Å². The highest BCUT2D eigenvalue weighted by Crippen LogP contribution is 2.30. The van der Waals surface area contributed by atoms with Gasteiger partial charge < -0.3 is 9.52 Å². The molecular formula is C14H13BrN2O2. The summed E-state index contributed by atoms with van der Waals surface area (Å²) in [4.78, 5) is 0. The Labute approximate surface area is 119 Å². The topological polar surface area (TPSA) is 57.8 Å². The van der Waals surface area contributed by atoms with Gasteiger partial charge in [-0.15, -0.1) is 0 Å². The van der Waals surface area contributed by atoms with Crippen molar-refractivity contribution in [2.45, 2.75) is 19.4 Å². The number of furan rings is 1. The Morgan fingerprint density at radius 1 is 1.37 bits per heavy atom. The fourth-order valence-electron chi connectivity index (χ4n) is 2.17. The number of aryl methyl sites for hydroxylation is 1. The number of phenolic OH excluding ortho intramolecular Hbond substituents is 1. The summed E-state index contributed by atoms with van der Waals surface area (Å²) < 4.78 is 6.23. The van der Waals surface area contributed by atoms with Crippen molar-refractivity contribution in [3.05, 3.63) is 51.9 Å². The standard InChI is InChI=1S/C14H13BrN2O2/c1-8-2-3-12(18)9(6-8)10-7-11(17-16-10)13-4-5-14(15)19-13/h2-6,11,17-18H,7H2,1H3/t11-/m0/s1.